The molecule has 0 aliphatic rings. The molecule has 0 aromatic carbocycles. The van der Waals surface area contributed by atoms with Gasteiger partial charge in [-0.25, -0.2) is 30.4 Å². The molecule has 0 rings (SSSR count). The summed E-state index contributed by atoms with van der Waals surface area (Å²) < 4.78 is 107. The largest absolute Gasteiger partial charge is 1.00 e. The Morgan fingerprint density at radius 1 is 0.900 bits per heavy atom. The topological polar surface area (TPSA) is 57.2 Å². The quantitative estimate of drug-likeness (QED) is 0.310. The summed E-state index contributed by atoms with van der Waals surface area (Å²) in [7, 11) is -5.16. The number of halogens is 6. The molecule has 0 spiro atoms. The van der Waals surface area contributed by atoms with Crippen LogP contribution in [-0.2, 0) is 10.1 Å². The molecule has 5 unspecified atom stereocenters. The molecular weight excluding hydrogens is 309 g/mol. The van der Waals surface area contributed by atoms with Crippen molar-refractivity contribution in [3.8, 4) is 0 Å². The number of hydrogen-bond acceptors (Lipinski definition) is 3. The van der Waals surface area contributed by atoms with E-state index in [-0.39, 0.29) is 18.9 Å². The molecule has 0 N–H and O–H groups in total. The van der Waals surface area contributed by atoms with Crippen LogP contribution in [0, 0.1) is 0 Å². The molecule has 116 valence electrons. The van der Waals surface area contributed by atoms with Gasteiger partial charge in [0.25, 0.3) is 0 Å². The summed E-state index contributed by atoms with van der Waals surface area (Å²) in [6.45, 7) is -0.983. The van der Waals surface area contributed by atoms with Gasteiger partial charge in [0, 0.05) is 0 Å². The minimum Gasteiger partial charge on any atom is -0.748 e. The molecule has 0 fully saturated rings. The van der Waals surface area contributed by atoms with Crippen molar-refractivity contribution in [2.24, 2.45) is 0 Å². The fourth-order valence-corrected chi connectivity index (χ4v) is 1.87. The maximum Gasteiger partial charge on any atom is 1.00 e. The van der Waals surface area contributed by atoms with Gasteiger partial charge in [0.1, 0.15) is 12.3 Å². The maximum atomic E-state index is 13.1. The molecule has 0 aliphatic heterocycles. The standard InChI is InChI=1S/C9H14F6O3S.Li/c10-3-1-2-5(11)7(13)9(15)8(14)6(12)4-19(16,17)18;/h5-9H,1-4H2,(H,16,17,18);/q;+1/p-1. The first kappa shape index (κ1) is 22.4. The van der Waals surface area contributed by atoms with E-state index in [9.17, 15) is 39.3 Å². The van der Waals surface area contributed by atoms with Crippen molar-refractivity contribution >= 4 is 10.1 Å². The van der Waals surface area contributed by atoms with Crippen molar-refractivity contribution in [2.45, 2.75) is 43.7 Å². The van der Waals surface area contributed by atoms with Crippen LogP contribution < -0.4 is 18.9 Å². The van der Waals surface area contributed by atoms with Crippen molar-refractivity contribution in [1.29, 1.82) is 0 Å². The van der Waals surface area contributed by atoms with Crippen LogP contribution >= 0.6 is 0 Å². The first-order chi connectivity index (χ1) is 8.60. The van der Waals surface area contributed by atoms with Crippen molar-refractivity contribution in [3.05, 3.63) is 0 Å². The predicted molar refractivity (Wildman–Crippen MR) is 54.3 cm³/mol. The zero-order valence-electron chi connectivity index (χ0n) is 10.6. The zero-order chi connectivity index (χ0) is 15.2. The molecule has 0 saturated carbocycles. The summed E-state index contributed by atoms with van der Waals surface area (Å²) in [5, 5.41) is 0. The van der Waals surface area contributed by atoms with Crippen molar-refractivity contribution in [3.63, 3.8) is 0 Å². The second-order valence-electron chi connectivity index (χ2n) is 3.92. The molecule has 0 aliphatic carbocycles. The molecule has 0 radical (unpaired) electrons. The minimum absolute atomic E-state index is 0. The molecule has 5 atom stereocenters. The van der Waals surface area contributed by atoms with E-state index in [0.717, 1.165) is 0 Å². The van der Waals surface area contributed by atoms with Crippen molar-refractivity contribution < 1.29 is 58.2 Å². The van der Waals surface area contributed by atoms with E-state index >= 15 is 0 Å². The van der Waals surface area contributed by atoms with Crippen LogP contribution in [0.4, 0.5) is 26.3 Å². The summed E-state index contributed by atoms with van der Waals surface area (Å²) in [5.41, 5.74) is 0. The molecule has 0 aromatic rings. The van der Waals surface area contributed by atoms with Gasteiger partial charge in [0.05, 0.1) is 22.5 Å². The summed E-state index contributed by atoms with van der Waals surface area (Å²) in [6.07, 6.45) is -16.4. The Kier molecular flexibility index (Phi) is 11.1. The Labute approximate surface area is 125 Å². The van der Waals surface area contributed by atoms with E-state index in [2.05, 4.69) is 0 Å². The second-order valence-corrected chi connectivity index (χ2v) is 5.37. The van der Waals surface area contributed by atoms with E-state index in [4.69, 9.17) is 0 Å². The van der Waals surface area contributed by atoms with Gasteiger partial charge in [0.2, 0.25) is 0 Å². The number of alkyl halides is 6. The van der Waals surface area contributed by atoms with Gasteiger partial charge < -0.3 is 4.55 Å². The fraction of sp³-hybridized carbons (Fsp3) is 1.00. The molecule has 20 heavy (non-hydrogen) atoms. The third-order valence-electron chi connectivity index (χ3n) is 2.28. The maximum absolute atomic E-state index is 13.1. The first-order valence-electron chi connectivity index (χ1n) is 5.30. The molecule has 0 heterocycles. The summed E-state index contributed by atoms with van der Waals surface area (Å²) in [5.74, 6) is -1.87. The fourth-order valence-electron chi connectivity index (χ4n) is 1.29. The van der Waals surface area contributed by atoms with Gasteiger partial charge in [-0.15, -0.1) is 0 Å². The average Bonchev–Trinajstić information content (AvgIpc) is 2.30. The van der Waals surface area contributed by atoms with Gasteiger partial charge >= 0.3 is 18.9 Å². The summed E-state index contributed by atoms with van der Waals surface area (Å²) >= 11 is 0. The zero-order valence-corrected chi connectivity index (χ0v) is 11.4. The molecule has 0 amide bonds. The Hall–Kier alpha value is 0.0874. The number of rotatable bonds is 9. The monoisotopic (exact) mass is 322 g/mol. The van der Waals surface area contributed by atoms with Gasteiger partial charge in [-0.3, -0.25) is 4.39 Å². The van der Waals surface area contributed by atoms with E-state index in [1.807, 2.05) is 0 Å². The normalized spacial score (nSPS) is 19.6. The molecule has 0 aromatic heterocycles. The van der Waals surface area contributed by atoms with E-state index < -0.39 is 66.2 Å². The second kappa shape index (κ2) is 9.92. The smallest absolute Gasteiger partial charge is 0.748 e. The van der Waals surface area contributed by atoms with Gasteiger partial charge in [-0.1, -0.05) is 0 Å². The third-order valence-corrected chi connectivity index (χ3v) is 3.00. The van der Waals surface area contributed by atoms with Gasteiger partial charge in [-0.2, -0.15) is 0 Å². The Morgan fingerprint density at radius 2 is 1.35 bits per heavy atom. The Bertz CT molecular complexity index is 358. The predicted octanol–water partition coefficient (Wildman–Crippen LogP) is -1.02. The van der Waals surface area contributed by atoms with E-state index in [1.165, 1.54) is 0 Å². The van der Waals surface area contributed by atoms with E-state index in [0.29, 0.717) is 0 Å². The summed E-state index contributed by atoms with van der Waals surface area (Å²) in [6, 6.07) is 0. The van der Waals surface area contributed by atoms with E-state index in [1.54, 1.807) is 0 Å². The Balaban J connectivity index is 0. The van der Waals surface area contributed by atoms with Crippen LogP contribution in [0.25, 0.3) is 0 Å². The molecule has 11 heteroatoms. The van der Waals surface area contributed by atoms with Gasteiger partial charge in [-0.05, 0) is 12.8 Å². The van der Waals surface area contributed by atoms with Crippen molar-refractivity contribution in [2.75, 3.05) is 12.4 Å². The minimum atomic E-state index is -5.16. The van der Waals surface area contributed by atoms with Crippen LogP contribution in [0.1, 0.15) is 12.8 Å². The van der Waals surface area contributed by atoms with Crippen LogP contribution in [-0.4, -0.2) is 56.3 Å². The third kappa shape index (κ3) is 8.39. The molecule has 0 bridgehead atoms. The molecule has 3 nitrogen and oxygen atoms in total. The first-order valence-corrected chi connectivity index (χ1v) is 6.87. The van der Waals surface area contributed by atoms with Gasteiger partial charge in [0.15, 0.2) is 18.5 Å². The van der Waals surface area contributed by atoms with Crippen LogP contribution in [0.2, 0.25) is 0 Å². The van der Waals surface area contributed by atoms with Crippen LogP contribution in [0.3, 0.4) is 0 Å². The summed E-state index contributed by atoms with van der Waals surface area (Å²) in [4.78, 5) is 0. The molecular formula is C9H13F6LiO3S. The SMILES string of the molecule is O=S(=O)([O-])CC(F)C(F)C(F)C(F)C(F)CCCF.[Li+]. The average molecular weight is 322 g/mol. The Morgan fingerprint density at radius 3 is 1.75 bits per heavy atom. The van der Waals surface area contributed by atoms with Crippen LogP contribution in [0.5, 0.6) is 0 Å². The molecule has 0 saturated heterocycles. The van der Waals surface area contributed by atoms with Crippen molar-refractivity contribution in [1.82, 2.24) is 0 Å². The number of hydrogen-bond donors (Lipinski definition) is 0. The van der Waals surface area contributed by atoms with Crippen LogP contribution in [0.15, 0.2) is 0 Å².